The topological polar surface area (TPSA) is 17.1 Å². The first-order valence-corrected chi connectivity index (χ1v) is 6.58. The highest BCUT2D eigenvalue weighted by molar-refractivity contribution is 7.10. The Hall–Kier alpha value is -1.41. The van der Waals surface area contributed by atoms with Gasteiger partial charge in [-0.05, 0) is 32.4 Å². The Morgan fingerprint density at radius 1 is 1.06 bits per heavy atom. The second-order valence-electron chi connectivity index (χ2n) is 4.54. The van der Waals surface area contributed by atoms with Crippen LogP contribution in [0.15, 0.2) is 29.6 Å². The van der Waals surface area contributed by atoms with Crippen LogP contribution in [0.5, 0.6) is 0 Å². The average Bonchev–Trinajstić information content (AvgIpc) is 2.63. The highest BCUT2D eigenvalue weighted by Crippen LogP contribution is 2.17. The molecule has 0 saturated carbocycles. The zero-order chi connectivity index (χ0) is 12.4. The summed E-state index contributed by atoms with van der Waals surface area (Å²) in [6.07, 6.45) is 0.499. The van der Waals surface area contributed by atoms with E-state index >= 15 is 0 Å². The Bertz CT molecular complexity index is 532. The number of ketones is 1. The number of carbonyl (C=O) groups excluding carboxylic acids is 1. The molecule has 0 radical (unpaired) electrons. The van der Waals surface area contributed by atoms with Crippen LogP contribution >= 0.6 is 11.3 Å². The van der Waals surface area contributed by atoms with Gasteiger partial charge in [0.05, 0.1) is 0 Å². The molecule has 0 unspecified atom stereocenters. The Labute approximate surface area is 106 Å². The molecule has 2 rings (SSSR count). The maximum atomic E-state index is 12.1. The van der Waals surface area contributed by atoms with Crippen molar-refractivity contribution in [3.8, 4) is 0 Å². The number of thiophene rings is 1. The number of carbonyl (C=O) groups is 1. The van der Waals surface area contributed by atoms with Crippen LogP contribution in [0.4, 0.5) is 0 Å². The number of aryl methyl sites for hydroxylation is 3. The third-order valence-electron chi connectivity index (χ3n) is 2.70. The van der Waals surface area contributed by atoms with Gasteiger partial charge in [-0.25, -0.2) is 0 Å². The molecule has 0 aliphatic heterocycles. The van der Waals surface area contributed by atoms with Crippen molar-refractivity contribution < 1.29 is 4.79 Å². The molecule has 0 spiro atoms. The molecule has 0 aliphatic carbocycles. The maximum Gasteiger partial charge on any atom is 0.168 e. The second-order valence-corrected chi connectivity index (χ2v) is 5.66. The zero-order valence-electron chi connectivity index (χ0n) is 10.4. The van der Waals surface area contributed by atoms with Crippen molar-refractivity contribution in [3.63, 3.8) is 0 Å². The van der Waals surface area contributed by atoms with E-state index in [2.05, 4.69) is 32.0 Å². The van der Waals surface area contributed by atoms with Crippen LogP contribution in [0.1, 0.15) is 31.9 Å². The number of rotatable bonds is 3. The normalized spacial score (nSPS) is 10.5. The standard InChI is InChI=1S/C15H16OS/c1-10-4-11(2)6-13(5-10)8-15(16)14-7-12(3)17-9-14/h4-7,9H,8H2,1-3H3. The lowest BCUT2D eigenvalue weighted by Crippen LogP contribution is -2.02. The van der Waals surface area contributed by atoms with Gasteiger partial charge in [-0.3, -0.25) is 4.79 Å². The molecule has 0 amide bonds. The summed E-state index contributed by atoms with van der Waals surface area (Å²) in [4.78, 5) is 13.2. The van der Waals surface area contributed by atoms with Gasteiger partial charge in [0.2, 0.25) is 0 Å². The minimum atomic E-state index is 0.208. The molecular weight excluding hydrogens is 228 g/mol. The van der Waals surface area contributed by atoms with E-state index in [1.54, 1.807) is 11.3 Å². The molecule has 1 heterocycles. The molecule has 1 aromatic heterocycles. The number of Topliss-reactive ketones (excluding diaryl/α,β-unsaturated/α-hetero) is 1. The van der Waals surface area contributed by atoms with Gasteiger partial charge in [-0.1, -0.05) is 29.3 Å². The minimum absolute atomic E-state index is 0.208. The van der Waals surface area contributed by atoms with Crippen LogP contribution in [0.25, 0.3) is 0 Å². The summed E-state index contributed by atoms with van der Waals surface area (Å²) in [6, 6.07) is 8.27. The van der Waals surface area contributed by atoms with E-state index in [1.807, 2.05) is 18.4 Å². The molecule has 0 fully saturated rings. The Morgan fingerprint density at radius 2 is 1.71 bits per heavy atom. The quantitative estimate of drug-likeness (QED) is 0.743. The highest BCUT2D eigenvalue weighted by Gasteiger charge is 2.09. The van der Waals surface area contributed by atoms with Crippen LogP contribution in [-0.2, 0) is 6.42 Å². The van der Waals surface area contributed by atoms with Crippen LogP contribution in [-0.4, -0.2) is 5.78 Å². The molecule has 1 aromatic carbocycles. The van der Waals surface area contributed by atoms with Crippen molar-refractivity contribution >= 4 is 17.1 Å². The van der Waals surface area contributed by atoms with E-state index in [-0.39, 0.29) is 5.78 Å². The lowest BCUT2D eigenvalue weighted by atomic mass is 10.0. The minimum Gasteiger partial charge on any atom is -0.294 e. The predicted molar refractivity (Wildman–Crippen MR) is 73.0 cm³/mol. The molecule has 1 nitrogen and oxygen atoms in total. The Morgan fingerprint density at radius 3 is 2.24 bits per heavy atom. The van der Waals surface area contributed by atoms with Gasteiger partial charge in [0.15, 0.2) is 5.78 Å². The monoisotopic (exact) mass is 244 g/mol. The van der Waals surface area contributed by atoms with E-state index in [1.165, 1.54) is 16.0 Å². The fraction of sp³-hybridized carbons (Fsp3) is 0.267. The van der Waals surface area contributed by atoms with E-state index in [0.29, 0.717) is 6.42 Å². The molecule has 88 valence electrons. The van der Waals surface area contributed by atoms with Gasteiger partial charge in [-0.15, -0.1) is 11.3 Å². The lowest BCUT2D eigenvalue weighted by molar-refractivity contribution is 0.0993. The van der Waals surface area contributed by atoms with Gasteiger partial charge >= 0.3 is 0 Å². The third-order valence-corrected chi connectivity index (χ3v) is 3.56. The molecule has 17 heavy (non-hydrogen) atoms. The van der Waals surface area contributed by atoms with Crippen molar-refractivity contribution in [1.29, 1.82) is 0 Å². The van der Waals surface area contributed by atoms with E-state index in [4.69, 9.17) is 0 Å². The Kier molecular flexibility index (Phi) is 3.43. The van der Waals surface area contributed by atoms with E-state index in [9.17, 15) is 4.79 Å². The fourth-order valence-electron chi connectivity index (χ4n) is 2.05. The third kappa shape index (κ3) is 3.04. The number of hydrogen-bond acceptors (Lipinski definition) is 2. The van der Waals surface area contributed by atoms with Crippen LogP contribution in [0.2, 0.25) is 0 Å². The molecule has 2 aromatic rings. The lowest BCUT2D eigenvalue weighted by Gasteiger charge is -2.03. The number of benzene rings is 1. The van der Waals surface area contributed by atoms with Crippen molar-refractivity contribution in [1.82, 2.24) is 0 Å². The predicted octanol–water partition coefficient (Wildman–Crippen LogP) is 4.10. The highest BCUT2D eigenvalue weighted by atomic mass is 32.1. The zero-order valence-corrected chi connectivity index (χ0v) is 11.2. The van der Waals surface area contributed by atoms with Crippen LogP contribution < -0.4 is 0 Å². The first-order valence-electron chi connectivity index (χ1n) is 5.70. The average molecular weight is 244 g/mol. The van der Waals surface area contributed by atoms with Gasteiger partial charge in [0.25, 0.3) is 0 Å². The smallest absolute Gasteiger partial charge is 0.168 e. The van der Waals surface area contributed by atoms with Crippen LogP contribution in [0, 0.1) is 20.8 Å². The van der Waals surface area contributed by atoms with Crippen molar-refractivity contribution in [2.45, 2.75) is 27.2 Å². The Balaban J connectivity index is 2.18. The van der Waals surface area contributed by atoms with Gasteiger partial charge in [-0.2, -0.15) is 0 Å². The largest absolute Gasteiger partial charge is 0.294 e. The fourth-order valence-corrected chi connectivity index (χ4v) is 2.76. The summed E-state index contributed by atoms with van der Waals surface area (Å²) in [7, 11) is 0. The van der Waals surface area contributed by atoms with Gasteiger partial charge in [0, 0.05) is 22.2 Å². The second kappa shape index (κ2) is 4.84. The molecular formula is C15H16OS. The molecule has 0 saturated heterocycles. The van der Waals surface area contributed by atoms with Crippen LogP contribution in [0.3, 0.4) is 0 Å². The van der Waals surface area contributed by atoms with Crippen molar-refractivity contribution in [2.24, 2.45) is 0 Å². The summed E-state index contributed by atoms with van der Waals surface area (Å²) in [5.74, 6) is 0.208. The number of hydrogen-bond donors (Lipinski definition) is 0. The molecule has 0 bridgehead atoms. The molecule has 0 aliphatic rings. The molecule has 2 heteroatoms. The first-order chi connectivity index (χ1) is 8.04. The maximum absolute atomic E-state index is 12.1. The van der Waals surface area contributed by atoms with Crippen molar-refractivity contribution in [2.75, 3.05) is 0 Å². The summed E-state index contributed by atoms with van der Waals surface area (Å²) in [5, 5.41) is 1.94. The van der Waals surface area contributed by atoms with E-state index in [0.717, 1.165) is 11.1 Å². The molecule has 0 atom stereocenters. The first kappa shape index (κ1) is 12.1. The van der Waals surface area contributed by atoms with Crippen molar-refractivity contribution in [3.05, 3.63) is 56.8 Å². The molecule has 0 N–H and O–H groups in total. The van der Waals surface area contributed by atoms with E-state index < -0.39 is 0 Å². The summed E-state index contributed by atoms with van der Waals surface area (Å²) >= 11 is 1.63. The summed E-state index contributed by atoms with van der Waals surface area (Å²) < 4.78 is 0. The SMILES string of the molecule is Cc1cc(C)cc(CC(=O)c2csc(C)c2)c1. The summed E-state index contributed by atoms with van der Waals surface area (Å²) in [6.45, 7) is 6.16. The van der Waals surface area contributed by atoms with Gasteiger partial charge in [0.1, 0.15) is 0 Å². The van der Waals surface area contributed by atoms with Gasteiger partial charge < -0.3 is 0 Å². The summed E-state index contributed by atoms with van der Waals surface area (Å²) in [5.41, 5.74) is 4.38.